The molecule has 2 aliphatic rings. The van der Waals surface area contributed by atoms with Crippen LogP contribution >= 0.6 is 22.7 Å². The molecule has 0 unspecified atom stereocenters. The largest absolute Gasteiger partial charge is 0.310 e. The number of fused-ring (bicyclic) bond motifs is 5. The lowest BCUT2D eigenvalue weighted by molar-refractivity contribution is 0.332. The fourth-order valence-corrected chi connectivity index (χ4v) is 12.9. The van der Waals surface area contributed by atoms with Crippen molar-refractivity contribution in [2.75, 3.05) is 9.80 Å². The summed E-state index contributed by atoms with van der Waals surface area (Å²) in [7, 11) is 0. The zero-order chi connectivity index (χ0) is 45.0. The van der Waals surface area contributed by atoms with Gasteiger partial charge < -0.3 is 9.80 Å². The zero-order valence-electron chi connectivity index (χ0n) is 39.2. The Bertz CT molecular complexity index is 3230. The summed E-state index contributed by atoms with van der Waals surface area (Å²) in [5.74, 6) is 0. The van der Waals surface area contributed by atoms with Crippen molar-refractivity contribution in [1.29, 1.82) is 0 Å². The lowest BCUT2D eigenvalue weighted by Gasteiger charge is -2.42. The lowest BCUT2D eigenvalue weighted by Crippen LogP contribution is -2.33. The molecule has 0 N–H and O–H groups in total. The molecule has 1 aliphatic heterocycles. The van der Waals surface area contributed by atoms with Crippen LogP contribution in [0.1, 0.15) is 103 Å². The molecule has 4 heteroatoms. The summed E-state index contributed by atoms with van der Waals surface area (Å²) < 4.78 is 1.34. The molecule has 0 spiro atoms. The molecule has 2 aromatic heterocycles. The van der Waals surface area contributed by atoms with Gasteiger partial charge in [-0.3, -0.25) is 0 Å². The smallest absolute Gasteiger partial charge is 0.0647 e. The van der Waals surface area contributed by atoms with Crippen molar-refractivity contribution >= 4 is 77.7 Å². The van der Waals surface area contributed by atoms with E-state index in [4.69, 9.17) is 0 Å². The van der Waals surface area contributed by atoms with E-state index >= 15 is 0 Å². The summed E-state index contributed by atoms with van der Waals surface area (Å²) in [6, 6.07) is 57.6. The van der Waals surface area contributed by atoms with Gasteiger partial charge in [-0.15, -0.1) is 22.7 Å². The van der Waals surface area contributed by atoms with E-state index in [9.17, 15) is 0 Å². The maximum Gasteiger partial charge on any atom is 0.0647 e. The molecule has 0 saturated heterocycles. The third-order valence-electron chi connectivity index (χ3n) is 14.8. The van der Waals surface area contributed by atoms with Gasteiger partial charge >= 0.3 is 0 Å². The summed E-state index contributed by atoms with van der Waals surface area (Å²) in [6.07, 6.45) is 2.37. The van der Waals surface area contributed by atoms with Crippen molar-refractivity contribution in [3.05, 3.63) is 190 Å². The molecule has 0 saturated carbocycles. The van der Waals surface area contributed by atoms with Crippen LogP contribution in [-0.4, -0.2) is 0 Å². The van der Waals surface area contributed by atoms with E-state index in [-0.39, 0.29) is 21.7 Å². The van der Waals surface area contributed by atoms with Crippen LogP contribution in [0.3, 0.4) is 0 Å². The van der Waals surface area contributed by atoms with Crippen LogP contribution in [0.2, 0.25) is 0 Å². The predicted molar refractivity (Wildman–Crippen MR) is 284 cm³/mol. The average molecular weight is 883 g/mol. The van der Waals surface area contributed by atoms with E-state index < -0.39 is 0 Å². The van der Waals surface area contributed by atoms with Crippen molar-refractivity contribution < 1.29 is 0 Å². The summed E-state index contributed by atoms with van der Waals surface area (Å²) >= 11 is 3.72. The quantitative estimate of drug-likeness (QED) is 0.164. The number of hydrogen-bond donors (Lipinski definition) is 0. The van der Waals surface area contributed by atoms with Gasteiger partial charge in [0.15, 0.2) is 0 Å². The highest BCUT2D eigenvalue weighted by atomic mass is 32.1. The fourth-order valence-electron chi connectivity index (χ4n) is 10.9. The van der Waals surface area contributed by atoms with Crippen molar-refractivity contribution in [2.24, 2.45) is 0 Å². The van der Waals surface area contributed by atoms with Gasteiger partial charge in [-0.05, 0) is 134 Å². The van der Waals surface area contributed by atoms with Crippen LogP contribution in [0, 0.1) is 0 Å². The number of rotatable bonds is 6. The molecule has 65 heavy (non-hydrogen) atoms. The van der Waals surface area contributed by atoms with Crippen LogP contribution in [0.15, 0.2) is 162 Å². The first kappa shape index (κ1) is 41.7. The van der Waals surface area contributed by atoms with E-state index in [2.05, 4.69) is 235 Å². The van der Waals surface area contributed by atoms with Crippen LogP contribution in [-0.2, 0) is 21.7 Å². The van der Waals surface area contributed by atoms with Gasteiger partial charge in [-0.25, -0.2) is 0 Å². The van der Waals surface area contributed by atoms with Gasteiger partial charge in [0.2, 0.25) is 0 Å². The molecule has 3 heterocycles. The van der Waals surface area contributed by atoms with Crippen molar-refractivity contribution in [2.45, 2.75) is 96.8 Å². The molecule has 0 bridgehead atoms. The Morgan fingerprint density at radius 2 is 1.14 bits per heavy atom. The second-order valence-corrected chi connectivity index (χ2v) is 23.1. The number of benzene rings is 7. The maximum atomic E-state index is 2.56. The topological polar surface area (TPSA) is 6.48 Å². The van der Waals surface area contributed by atoms with Crippen LogP contribution in [0.4, 0.5) is 34.1 Å². The van der Waals surface area contributed by atoms with Gasteiger partial charge in [0.25, 0.3) is 0 Å². The highest BCUT2D eigenvalue weighted by molar-refractivity contribution is 7.18. The first-order chi connectivity index (χ1) is 31.1. The molecule has 7 aromatic carbocycles. The average Bonchev–Trinajstić information content (AvgIpc) is 3.93. The summed E-state index contributed by atoms with van der Waals surface area (Å²) in [5.41, 5.74) is 17.8. The molecule has 0 amide bonds. The predicted octanol–water partition coefficient (Wildman–Crippen LogP) is 18.7. The fraction of sp³-hybridized carbons (Fsp3) is 0.246. The molecule has 0 radical (unpaired) electrons. The minimum atomic E-state index is -0.169. The SMILES string of the molecule is CC(C)(C)c1ccc(N(c2cc(-c3cccc4c(-c5ccccc5)scc34)cc(N3c4ccccc4C(C)(C)c4ccccc43)c2)c2csc3cc4c(cc23)C(C)(C)CCC4(C)C)cc1. The number of nitrogens with zero attached hydrogens (tertiary/aromatic N) is 2. The lowest BCUT2D eigenvalue weighted by atomic mass is 9.63. The van der Waals surface area contributed by atoms with Crippen molar-refractivity contribution in [3.63, 3.8) is 0 Å². The van der Waals surface area contributed by atoms with Gasteiger partial charge in [-0.1, -0.05) is 159 Å². The molecule has 9 aromatic rings. The Morgan fingerprint density at radius 1 is 0.508 bits per heavy atom. The normalized spacial score (nSPS) is 16.0. The third-order valence-corrected chi connectivity index (χ3v) is 16.8. The van der Waals surface area contributed by atoms with E-state index in [1.54, 1.807) is 0 Å². The highest BCUT2D eigenvalue weighted by Gasteiger charge is 2.39. The summed E-state index contributed by atoms with van der Waals surface area (Å²) in [5, 5.41) is 8.66. The Morgan fingerprint density at radius 3 is 1.80 bits per heavy atom. The number of anilines is 6. The maximum absolute atomic E-state index is 2.56. The Hall–Kier alpha value is -5.94. The minimum Gasteiger partial charge on any atom is -0.310 e. The molecular formula is C61H58N2S2. The van der Waals surface area contributed by atoms with Gasteiger partial charge in [0, 0.05) is 53.6 Å². The zero-order valence-corrected chi connectivity index (χ0v) is 40.8. The van der Waals surface area contributed by atoms with E-state index in [0.29, 0.717) is 0 Å². The number of thiophene rings is 2. The molecule has 11 rings (SSSR count). The molecule has 324 valence electrons. The highest BCUT2D eigenvalue weighted by Crippen LogP contribution is 2.55. The van der Waals surface area contributed by atoms with Crippen LogP contribution in [0.5, 0.6) is 0 Å². The second kappa shape index (κ2) is 15.1. The second-order valence-electron chi connectivity index (χ2n) is 21.3. The van der Waals surface area contributed by atoms with Crippen LogP contribution < -0.4 is 9.80 Å². The molecule has 0 atom stereocenters. The summed E-state index contributed by atoms with van der Waals surface area (Å²) in [6.45, 7) is 21.4. The number of para-hydroxylation sites is 2. The first-order valence-electron chi connectivity index (χ1n) is 23.3. The summed E-state index contributed by atoms with van der Waals surface area (Å²) in [4.78, 5) is 6.39. The standard InChI is InChI=1S/C61H58N2S2/c1-58(2,3)41-26-28-42(29-27-41)62(55-38-64-56-36-52-51(35-47(55)56)59(4,5)30-31-60(52,6)7)43-32-40(45-20-17-21-46-48(45)37-65-57(46)39-18-11-10-12-19-39)33-44(34-43)63-53-24-15-13-22-49(53)61(8,9)50-23-14-16-25-54(50)63/h10-29,32-38H,30-31H2,1-9H3. The van der Waals surface area contributed by atoms with Crippen LogP contribution in [0.25, 0.3) is 42.4 Å². The Kier molecular flexibility index (Phi) is 9.67. The van der Waals surface area contributed by atoms with Gasteiger partial charge in [0.1, 0.15) is 0 Å². The van der Waals surface area contributed by atoms with Crippen molar-refractivity contribution in [3.8, 4) is 21.6 Å². The molecular weight excluding hydrogens is 825 g/mol. The Labute approximate surface area is 393 Å². The first-order valence-corrected chi connectivity index (χ1v) is 25.0. The van der Waals surface area contributed by atoms with Gasteiger partial charge in [0.05, 0.1) is 17.1 Å². The van der Waals surface area contributed by atoms with E-state index in [1.165, 1.54) is 100 Å². The number of hydrogen-bond acceptors (Lipinski definition) is 4. The van der Waals surface area contributed by atoms with E-state index in [1.807, 2.05) is 22.7 Å². The van der Waals surface area contributed by atoms with Gasteiger partial charge in [-0.2, -0.15) is 0 Å². The van der Waals surface area contributed by atoms with Crippen molar-refractivity contribution in [1.82, 2.24) is 0 Å². The Balaban J connectivity index is 1.21. The monoisotopic (exact) mass is 882 g/mol. The molecule has 0 fully saturated rings. The molecule has 2 nitrogen and oxygen atoms in total. The molecule has 1 aliphatic carbocycles. The minimum absolute atomic E-state index is 0.0314. The van der Waals surface area contributed by atoms with E-state index in [0.717, 1.165) is 17.1 Å². The third kappa shape index (κ3) is 6.86.